The summed E-state index contributed by atoms with van der Waals surface area (Å²) in [7, 11) is 3.13. The van der Waals surface area contributed by atoms with Crippen LogP contribution in [0.3, 0.4) is 0 Å². The van der Waals surface area contributed by atoms with Crippen molar-refractivity contribution < 1.29 is 28.5 Å². The molecule has 1 aliphatic heterocycles. The number of ether oxygens (including phenoxy) is 4. The number of hydrogen-bond donors (Lipinski definition) is 1. The van der Waals surface area contributed by atoms with E-state index in [2.05, 4.69) is 10.3 Å². The van der Waals surface area contributed by atoms with Crippen molar-refractivity contribution in [3.63, 3.8) is 0 Å². The molecule has 0 aromatic heterocycles. The van der Waals surface area contributed by atoms with Crippen LogP contribution in [0, 0.1) is 5.92 Å². The summed E-state index contributed by atoms with van der Waals surface area (Å²) in [6.07, 6.45) is 0. The number of nitrogens with zero attached hydrogens (tertiary/aromatic N) is 1. The molecule has 3 aromatic carbocycles. The Morgan fingerprint density at radius 2 is 1.61 bits per heavy atom. The Bertz CT molecular complexity index is 1240. The zero-order valence-corrected chi connectivity index (χ0v) is 20.4. The van der Waals surface area contributed by atoms with Gasteiger partial charge in [-0.25, -0.2) is 9.79 Å². The number of urea groups is 1. The summed E-state index contributed by atoms with van der Waals surface area (Å²) in [5.41, 5.74) is 2.89. The fourth-order valence-corrected chi connectivity index (χ4v) is 4.00. The molecular weight excluding hydrogens is 460 g/mol. The van der Waals surface area contributed by atoms with Crippen LogP contribution in [0.15, 0.2) is 77.8 Å². The number of esters is 1. The second-order valence-corrected chi connectivity index (χ2v) is 8.30. The van der Waals surface area contributed by atoms with Crippen molar-refractivity contribution in [1.82, 2.24) is 5.32 Å². The Balaban J connectivity index is 1.52. The smallest absolute Gasteiger partial charge is 0.341 e. The number of hydrogen-bond acceptors (Lipinski definition) is 6. The zero-order chi connectivity index (χ0) is 25.5. The molecule has 1 aliphatic rings. The summed E-state index contributed by atoms with van der Waals surface area (Å²) >= 11 is 0. The van der Waals surface area contributed by atoms with Crippen LogP contribution < -0.4 is 19.5 Å². The molecule has 0 bridgehead atoms. The molecular formula is C28H28N2O6. The average Bonchev–Trinajstić information content (AvgIpc) is 2.91. The number of carbonyl (C=O) groups excluding carboxylic acids is 2. The summed E-state index contributed by atoms with van der Waals surface area (Å²) < 4.78 is 22.2. The van der Waals surface area contributed by atoms with Gasteiger partial charge in [0.1, 0.15) is 24.9 Å². The van der Waals surface area contributed by atoms with Gasteiger partial charge in [-0.2, -0.15) is 0 Å². The lowest BCUT2D eigenvalue weighted by molar-refractivity contribution is -0.148. The summed E-state index contributed by atoms with van der Waals surface area (Å²) in [5, 5.41) is 2.80. The molecule has 1 N–H and O–H groups in total. The van der Waals surface area contributed by atoms with Crippen molar-refractivity contribution in [2.75, 3.05) is 14.2 Å². The van der Waals surface area contributed by atoms with E-state index >= 15 is 0 Å². The maximum Gasteiger partial charge on any atom is 0.341 e. The minimum absolute atomic E-state index is 0.0862. The molecule has 8 heteroatoms. The first-order chi connectivity index (χ1) is 17.5. The lowest BCUT2D eigenvalue weighted by Crippen LogP contribution is -2.44. The van der Waals surface area contributed by atoms with Crippen LogP contribution in [0.2, 0.25) is 0 Å². The SMILES string of the molecule is COc1ccc(COC(=O)C2C(C)=NC(=O)NC2c2ccc(OCc3ccccc3)c(OC)c2)cc1. The number of carbonyl (C=O) groups is 2. The van der Waals surface area contributed by atoms with Crippen LogP contribution in [0.25, 0.3) is 0 Å². The van der Waals surface area contributed by atoms with Gasteiger partial charge in [-0.3, -0.25) is 4.79 Å². The normalized spacial score (nSPS) is 17.0. The van der Waals surface area contributed by atoms with Gasteiger partial charge in [0, 0.05) is 5.71 Å². The van der Waals surface area contributed by atoms with Gasteiger partial charge in [-0.15, -0.1) is 0 Å². The lowest BCUT2D eigenvalue weighted by atomic mass is 9.88. The Hall–Kier alpha value is -4.33. The van der Waals surface area contributed by atoms with Crippen LogP contribution in [0.5, 0.6) is 17.2 Å². The molecule has 0 radical (unpaired) electrons. The molecule has 2 atom stereocenters. The molecule has 0 spiro atoms. The highest BCUT2D eigenvalue weighted by atomic mass is 16.5. The molecule has 4 rings (SSSR count). The van der Waals surface area contributed by atoms with E-state index in [4.69, 9.17) is 18.9 Å². The molecule has 8 nitrogen and oxygen atoms in total. The summed E-state index contributed by atoms with van der Waals surface area (Å²) in [6.45, 7) is 2.12. The van der Waals surface area contributed by atoms with Crippen LogP contribution in [0.4, 0.5) is 4.79 Å². The van der Waals surface area contributed by atoms with Gasteiger partial charge in [0.15, 0.2) is 11.5 Å². The van der Waals surface area contributed by atoms with E-state index in [1.165, 1.54) is 0 Å². The number of nitrogens with one attached hydrogen (secondary N) is 1. The first-order valence-electron chi connectivity index (χ1n) is 11.5. The molecule has 36 heavy (non-hydrogen) atoms. The van der Waals surface area contributed by atoms with Gasteiger partial charge in [0.25, 0.3) is 0 Å². The van der Waals surface area contributed by atoms with E-state index in [9.17, 15) is 9.59 Å². The maximum atomic E-state index is 13.1. The van der Waals surface area contributed by atoms with Gasteiger partial charge in [-0.1, -0.05) is 48.5 Å². The maximum absolute atomic E-state index is 13.1. The fraction of sp³-hybridized carbons (Fsp3) is 0.250. The summed E-state index contributed by atoms with van der Waals surface area (Å²) in [6, 6.07) is 21.2. The van der Waals surface area contributed by atoms with Crippen LogP contribution >= 0.6 is 0 Å². The van der Waals surface area contributed by atoms with E-state index in [1.54, 1.807) is 51.5 Å². The second kappa shape index (κ2) is 11.4. The molecule has 2 amide bonds. The van der Waals surface area contributed by atoms with Crippen molar-refractivity contribution in [2.45, 2.75) is 26.2 Å². The highest BCUT2D eigenvalue weighted by Crippen LogP contribution is 2.35. The monoisotopic (exact) mass is 488 g/mol. The third-order valence-corrected chi connectivity index (χ3v) is 5.92. The number of benzene rings is 3. The predicted octanol–water partition coefficient (Wildman–Crippen LogP) is 4.87. The molecule has 0 saturated heterocycles. The molecule has 0 saturated carbocycles. The third kappa shape index (κ3) is 5.83. The van der Waals surface area contributed by atoms with Gasteiger partial charge in [0.2, 0.25) is 0 Å². The van der Waals surface area contributed by atoms with Crippen molar-refractivity contribution in [1.29, 1.82) is 0 Å². The molecule has 186 valence electrons. The lowest BCUT2D eigenvalue weighted by Gasteiger charge is -2.30. The zero-order valence-electron chi connectivity index (χ0n) is 20.4. The molecule has 0 aliphatic carbocycles. The molecule has 3 aromatic rings. The van der Waals surface area contributed by atoms with Crippen molar-refractivity contribution in [3.8, 4) is 17.2 Å². The first kappa shape index (κ1) is 24.8. The Labute approximate surface area is 209 Å². The summed E-state index contributed by atoms with van der Waals surface area (Å²) in [5.74, 6) is 0.481. The van der Waals surface area contributed by atoms with Gasteiger partial charge in [-0.05, 0) is 47.9 Å². The van der Waals surface area contributed by atoms with Gasteiger partial charge >= 0.3 is 12.0 Å². The molecule has 1 heterocycles. The number of aliphatic imine (C=N–C) groups is 1. The minimum Gasteiger partial charge on any atom is -0.497 e. The van der Waals surface area contributed by atoms with E-state index in [0.29, 0.717) is 35.1 Å². The number of rotatable bonds is 9. The van der Waals surface area contributed by atoms with Gasteiger partial charge < -0.3 is 24.3 Å². The van der Waals surface area contributed by atoms with Crippen LogP contribution in [-0.4, -0.2) is 31.9 Å². The van der Waals surface area contributed by atoms with E-state index in [0.717, 1.165) is 11.1 Å². The van der Waals surface area contributed by atoms with Crippen LogP contribution in [0.1, 0.15) is 29.7 Å². The third-order valence-electron chi connectivity index (χ3n) is 5.92. The van der Waals surface area contributed by atoms with E-state index < -0.39 is 24.0 Å². The topological polar surface area (TPSA) is 95.5 Å². The Morgan fingerprint density at radius 1 is 0.889 bits per heavy atom. The summed E-state index contributed by atoms with van der Waals surface area (Å²) in [4.78, 5) is 29.3. The fourth-order valence-electron chi connectivity index (χ4n) is 4.00. The second-order valence-electron chi connectivity index (χ2n) is 8.30. The molecule has 2 unspecified atom stereocenters. The quantitative estimate of drug-likeness (QED) is 0.432. The van der Waals surface area contributed by atoms with Gasteiger partial charge in [0.05, 0.1) is 20.3 Å². The first-order valence-corrected chi connectivity index (χ1v) is 11.5. The number of methoxy groups -OCH3 is 2. The average molecular weight is 489 g/mol. The minimum atomic E-state index is -0.790. The van der Waals surface area contributed by atoms with Crippen LogP contribution in [-0.2, 0) is 22.7 Å². The molecule has 0 fully saturated rings. The standard InChI is InChI=1S/C28H28N2O6/c1-18-25(27(31)36-17-20-9-12-22(33-2)13-10-20)26(30-28(32)29-18)21-11-14-23(24(15-21)34-3)35-16-19-7-5-4-6-8-19/h4-15,25-26H,16-17H2,1-3H3,(H,30,32). The van der Waals surface area contributed by atoms with Crippen molar-refractivity contribution in [3.05, 3.63) is 89.5 Å². The largest absolute Gasteiger partial charge is 0.497 e. The Kier molecular flexibility index (Phi) is 7.85. The highest BCUT2D eigenvalue weighted by Gasteiger charge is 2.38. The Morgan fingerprint density at radius 3 is 2.31 bits per heavy atom. The van der Waals surface area contributed by atoms with E-state index in [-0.39, 0.29) is 6.61 Å². The van der Waals surface area contributed by atoms with Crippen molar-refractivity contribution in [2.24, 2.45) is 10.9 Å². The number of amides is 2. The van der Waals surface area contributed by atoms with E-state index in [1.807, 2.05) is 42.5 Å². The predicted molar refractivity (Wildman–Crippen MR) is 134 cm³/mol. The van der Waals surface area contributed by atoms with Crippen molar-refractivity contribution >= 4 is 17.7 Å². The highest BCUT2D eigenvalue weighted by molar-refractivity contribution is 6.08.